The maximum atomic E-state index is 10.9. The first-order valence-electron chi connectivity index (χ1n) is 8.24. The van der Waals surface area contributed by atoms with E-state index in [1.807, 2.05) is 52.0 Å². The molecule has 3 rings (SSSR count). The highest BCUT2D eigenvalue weighted by Crippen LogP contribution is 2.36. The van der Waals surface area contributed by atoms with E-state index >= 15 is 0 Å². The maximum Gasteiger partial charge on any atom is 0.494 e. The van der Waals surface area contributed by atoms with E-state index in [-0.39, 0.29) is 16.8 Å². The second-order valence-electron chi connectivity index (χ2n) is 7.22. The van der Waals surface area contributed by atoms with Gasteiger partial charge in [0, 0.05) is 11.4 Å². The van der Waals surface area contributed by atoms with Crippen molar-refractivity contribution in [2.75, 3.05) is 5.32 Å². The third-order valence-electron chi connectivity index (χ3n) is 4.83. The van der Waals surface area contributed by atoms with E-state index < -0.39 is 13.1 Å². The van der Waals surface area contributed by atoms with Gasteiger partial charge in [-0.1, -0.05) is 12.1 Å². The monoisotopic (exact) mass is 339 g/mol. The van der Waals surface area contributed by atoms with Crippen LogP contribution >= 0.6 is 0 Å². The Labute approximate surface area is 148 Å². The summed E-state index contributed by atoms with van der Waals surface area (Å²) in [5.41, 5.74) is 2.13. The molecule has 25 heavy (non-hydrogen) atoms. The molecule has 2 N–H and O–H groups in total. The van der Waals surface area contributed by atoms with Crippen molar-refractivity contribution >= 4 is 29.9 Å². The van der Waals surface area contributed by atoms with Crippen molar-refractivity contribution in [2.45, 2.75) is 38.9 Å². The minimum Gasteiger partial charge on any atom is -0.478 e. The molecular formula is C19H22BNO4. The first-order chi connectivity index (χ1) is 11.7. The van der Waals surface area contributed by atoms with Crippen LogP contribution in [-0.4, -0.2) is 29.4 Å². The Balaban J connectivity index is 1.77. The molecule has 1 heterocycles. The van der Waals surface area contributed by atoms with Crippen molar-refractivity contribution in [1.82, 2.24) is 0 Å². The predicted molar refractivity (Wildman–Crippen MR) is 98.8 cm³/mol. The van der Waals surface area contributed by atoms with Crippen LogP contribution in [0.4, 0.5) is 11.4 Å². The lowest BCUT2D eigenvalue weighted by atomic mass is 9.79. The number of hydrogen-bond acceptors (Lipinski definition) is 4. The molecule has 0 saturated carbocycles. The number of aromatic carboxylic acids is 1. The number of rotatable bonds is 4. The average molecular weight is 339 g/mol. The van der Waals surface area contributed by atoms with Crippen molar-refractivity contribution in [2.24, 2.45) is 0 Å². The molecule has 0 radical (unpaired) electrons. The summed E-state index contributed by atoms with van der Waals surface area (Å²) >= 11 is 0. The zero-order valence-electron chi connectivity index (χ0n) is 14.9. The minimum atomic E-state index is -0.936. The van der Waals surface area contributed by atoms with E-state index in [0.29, 0.717) is 0 Å². The number of anilines is 2. The number of hydrogen-bond donors (Lipinski definition) is 2. The molecule has 2 aromatic carbocycles. The topological polar surface area (TPSA) is 67.8 Å². The smallest absolute Gasteiger partial charge is 0.478 e. The zero-order chi connectivity index (χ0) is 18.2. The van der Waals surface area contributed by atoms with Gasteiger partial charge < -0.3 is 19.7 Å². The van der Waals surface area contributed by atoms with E-state index in [2.05, 4.69) is 5.32 Å². The fraction of sp³-hybridized carbons (Fsp3) is 0.316. The first-order valence-corrected chi connectivity index (χ1v) is 8.24. The Morgan fingerprint density at radius 2 is 1.56 bits per heavy atom. The maximum absolute atomic E-state index is 10.9. The highest BCUT2D eigenvalue weighted by Gasteiger charge is 2.51. The standard InChI is InChI=1S/C19H22BNO4/c1-18(2)19(3,4)25-20(24-18)14-6-5-7-16(12-14)21-15-10-8-13(9-11-15)17(22)23/h5-12,21H,1-4H3,(H,22,23). The van der Waals surface area contributed by atoms with Crippen LogP contribution in [0.15, 0.2) is 48.5 Å². The Morgan fingerprint density at radius 3 is 2.12 bits per heavy atom. The van der Waals surface area contributed by atoms with Gasteiger partial charge in [0.25, 0.3) is 0 Å². The van der Waals surface area contributed by atoms with Crippen molar-refractivity contribution in [1.29, 1.82) is 0 Å². The molecule has 1 aliphatic rings. The van der Waals surface area contributed by atoms with E-state index in [9.17, 15) is 4.79 Å². The summed E-state index contributed by atoms with van der Waals surface area (Å²) in [5.74, 6) is -0.936. The summed E-state index contributed by atoms with van der Waals surface area (Å²) in [5, 5.41) is 12.2. The molecule has 1 aliphatic heterocycles. The van der Waals surface area contributed by atoms with Crippen LogP contribution in [0.2, 0.25) is 0 Å². The molecule has 0 aromatic heterocycles. The van der Waals surface area contributed by atoms with E-state index in [1.54, 1.807) is 24.3 Å². The van der Waals surface area contributed by atoms with Crippen LogP contribution in [0, 0.1) is 0 Å². The summed E-state index contributed by atoms with van der Waals surface area (Å²) in [6.45, 7) is 8.11. The lowest BCUT2D eigenvalue weighted by Crippen LogP contribution is -2.41. The summed E-state index contributed by atoms with van der Waals surface area (Å²) in [6, 6.07) is 14.5. The van der Waals surface area contributed by atoms with Crippen LogP contribution < -0.4 is 10.8 Å². The fourth-order valence-corrected chi connectivity index (χ4v) is 2.60. The molecule has 1 fully saturated rings. The van der Waals surface area contributed by atoms with Crippen LogP contribution in [0.5, 0.6) is 0 Å². The Morgan fingerprint density at radius 1 is 0.960 bits per heavy atom. The highest BCUT2D eigenvalue weighted by atomic mass is 16.7. The van der Waals surface area contributed by atoms with E-state index in [4.69, 9.17) is 14.4 Å². The highest BCUT2D eigenvalue weighted by molar-refractivity contribution is 6.62. The van der Waals surface area contributed by atoms with Gasteiger partial charge in [-0.2, -0.15) is 0 Å². The summed E-state index contributed by atoms with van der Waals surface area (Å²) in [7, 11) is -0.416. The molecule has 130 valence electrons. The molecule has 5 nitrogen and oxygen atoms in total. The third-order valence-corrected chi connectivity index (χ3v) is 4.83. The predicted octanol–water partition coefficient (Wildman–Crippen LogP) is 3.43. The molecule has 6 heteroatoms. The molecule has 0 unspecified atom stereocenters. The normalized spacial score (nSPS) is 18.2. The first kappa shape index (κ1) is 17.5. The van der Waals surface area contributed by atoms with Gasteiger partial charge in [0.05, 0.1) is 16.8 Å². The quantitative estimate of drug-likeness (QED) is 0.836. The van der Waals surface area contributed by atoms with Gasteiger partial charge in [-0.05, 0) is 69.6 Å². The lowest BCUT2D eigenvalue weighted by Gasteiger charge is -2.32. The van der Waals surface area contributed by atoms with Crippen molar-refractivity contribution in [3.63, 3.8) is 0 Å². The van der Waals surface area contributed by atoms with E-state index in [1.165, 1.54) is 0 Å². The third kappa shape index (κ3) is 3.55. The number of carboxylic acid groups (broad SMARTS) is 1. The largest absolute Gasteiger partial charge is 0.494 e. The Hall–Kier alpha value is -2.31. The van der Waals surface area contributed by atoms with Gasteiger partial charge in [0.15, 0.2) is 0 Å². The Bertz CT molecular complexity index is 770. The average Bonchev–Trinajstić information content (AvgIpc) is 2.76. The number of carbonyl (C=O) groups is 1. The SMILES string of the molecule is CC1(C)OB(c2cccc(Nc3ccc(C(=O)O)cc3)c2)OC1(C)C. The van der Waals surface area contributed by atoms with Crippen molar-refractivity contribution in [3.8, 4) is 0 Å². The molecule has 0 spiro atoms. The van der Waals surface area contributed by atoms with Crippen molar-refractivity contribution < 1.29 is 19.2 Å². The summed E-state index contributed by atoms with van der Waals surface area (Å²) in [4.78, 5) is 10.9. The molecule has 0 amide bonds. The van der Waals surface area contributed by atoms with Crippen LogP contribution in [-0.2, 0) is 9.31 Å². The fourth-order valence-electron chi connectivity index (χ4n) is 2.60. The molecule has 2 aromatic rings. The molecule has 0 bridgehead atoms. The lowest BCUT2D eigenvalue weighted by molar-refractivity contribution is 0.00578. The van der Waals surface area contributed by atoms with Crippen LogP contribution in [0.1, 0.15) is 38.1 Å². The number of nitrogens with one attached hydrogen (secondary N) is 1. The van der Waals surface area contributed by atoms with Gasteiger partial charge in [0.1, 0.15) is 0 Å². The molecule has 1 saturated heterocycles. The zero-order valence-corrected chi connectivity index (χ0v) is 14.9. The van der Waals surface area contributed by atoms with Crippen LogP contribution in [0.25, 0.3) is 0 Å². The molecular weight excluding hydrogens is 317 g/mol. The Kier molecular flexibility index (Phi) is 4.35. The number of carboxylic acids is 1. The van der Waals surface area contributed by atoms with E-state index in [0.717, 1.165) is 16.8 Å². The van der Waals surface area contributed by atoms with Gasteiger partial charge in [-0.3, -0.25) is 0 Å². The summed E-state index contributed by atoms with van der Waals surface area (Å²) in [6.07, 6.45) is 0. The molecule has 0 aliphatic carbocycles. The second kappa shape index (κ2) is 6.21. The van der Waals surface area contributed by atoms with Gasteiger partial charge in [-0.25, -0.2) is 4.79 Å². The van der Waals surface area contributed by atoms with Gasteiger partial charge in [0.2, 0.25) is 0 Å². The second-order valence-corrected chi connectivity index (χ2v) is 7.22. The molecule has 0 atom stereocenters. The summed E-state index contributed by atoms with van der Waals surface area (Å²) < 4.78 is 12.2. The minimum absolute atomic E-state index is 0.261. The number of benzene rings is 2. The van der Waals surface area contributed by atoms with Gasteiger partial charge >= 0.3 is 13.1 Å². The van der Waals surface area contributed by atoms with Crippen molar-refractivity contribution in [3.05, 3.63) is 54.1 Å². The van der Waals surface area contributed by atoms with Gasteiger partial charge in [-0.15, -0.1) is 0 Å². The van der Waals surface area contributed by atoms with Crippen LogP contribution in [0.3, 0.4) is 0 Å².